The number of rotatable bonds is 5. The summed E-state index contributed by atoms with van der Waals surface area (Å²) in [5, 5.41) is 9.30. The normalized spacial score (nSPS) is 10.5. The Morgan fingerprint density at radius 1 is 1.39 bits per heavy atom. The smallest absolute Gasteiger partial charge is 0.377 e. The van der Waals surface area contributed by atoms with E-state index in [-0.39, 0.29) is 5.56 Å². The number of hydrogen-bond acceptors (Lipinski definition) is 3. The molecule has 0 aliphatic carbocycles. The highest BCUT2D eigenvalue weighted by molar-refractivity contribution is 6.42. The monoisotopic (exact) mass is 247 g/mol. The van der Waals surface area contributed by atoms with Crippen molar-refractivity contribution in [3.05, 3.63) is 30.0 Å². The molecule has 0 spiro atoms. The number of aromatic amines is 1. The summed E-state index contributed by atoms with van der Waals surface area (Å²) >= 11 is 0. The molecule has 0 aliphatic heterocycles. The highest BCUT2D eigenvalue weighted by Gasteiger charge is 2.18. The minimum atomic E-state index is -1.46. The van der Waals surface area contributed by atoms with Crippen LogP contribution >= 0.6 is 0 Å². The van der Waals surface area contributed by atoms with Gasteiger partial charge in [-0.1, -0.05) is 6.92 Å². The molecule has 2 rings (SSSR count). The Kier molecular flexibility index (Phi) is 3.32. The molecule has 2 aromatic rings. The molecule has 0 amide bonds. The molecule has 1 aromatic carbocycles. The Labute approximate surface area is 103 Å². The molecule has 94 valence electrons. The van der Waals surface area contributed by atoms with Crippen LogP contribution in [0.3, 0.4) is 0 Å². The van der Waals surface area contributed by atoms with Crippen LogP contribution < -0.4 is 4.74 Å². The topological polar surface area (TPSA) is 79.4 Å². The van der Waals surface area contributed by atoms with Gasteiger partial charge in [0.05, 0.1) is 12.2 Å². The van der Waals surface area contributed by atoms with E-state index in [1.54, 1.807) is 18.2 Å². The third-order valence-electron chi connectivity index (χ3n) is 2.56. The van der Waals surface area contributed by atoms with Crippen LogP contribution in [-0.2, 0) is 4.79 Å². The van der Waals surface area contributed by atoms with Crippen LogP contribution in [0.4, 0.5) is 0 Å². The molecule has 2 N–H and O–H groups in total. The van der Waals surface area contributed by atoms with E-state index in [2.05, 4.69) is 4.98 Å². The lowest BCUT2D eigenvalue weighted by Gasteiger charge is -2.04. The summed E-state index contributed by atoms with van der Waals surface area (Å²) in [7, 11) is 0. The minimum Gasteiger partial charge on any atom is -0.494 e. The average molecular weight is 247 g/mol. The molecule has 0 aliphatic rings. The molecule has 5 nitrogen and oxygen atoms in total. The van der Waals surface area contributed by atoms with E-state index in [0.717, 1.165) is 6.42 Å². The number of ether oxygens (including phenoxy) is 1. The highest BCUT2D eigenvalue weighted by atomic mass is 16.5. The van der Waals surface area contributed by atoms with Crippen molar-refractivity contribution in [2.24, 2.45) is 0 Å². The lowest BCUT2D eigenvalue weighted by Crippen LogP contribution is -2.11. The van der Waals surface area contributed by atoms with Gasteiger partial charge < -0.3 is 14.8 Å². The molecule has 0 radical (unpaired) electrons. The summed E-state index contributed by atoms with van der Waals surface area (Å²) in [5.74, 6) is -1.76. The Bertz CT molecular complexity index is 600. The van der Waals surface area contributed by atoms with Gasteiger partial charge in [0.2, 0.25) is 0 Å². The molecule has 0 saturated heterocycles. The zero-order valence-corrected chi connectivity index (χ0v) is 9.90. The first-order valence-electron chi connectivity index (χ1n) is 5.65. The van der Waals surface area contributed by atoms with Gasteiger partial charge >= 0.3 is 5.97 Å². The molecule has 18 heavy (non-hydrogen) atoms. The van der Waals surface area contributed by atoms with Gasteiger partial charge in [-0.3, -0.25) is 4.79 Å². The molecule has 1 aromatic heterocycles. The Hall–Kier alpha value is -2.30. The number of carbonyl (C=O) groups is 2. The maximum Gasteiger partial charge on any atom is 0.377 e. The van der Waals surface area contributed by atoms with Crippen molar-refractivity contribution in [2.45, 2.75) is 13.3 Å². The predicted molar refractivity (Wildman–Crippen MR) is 66.1 cm³/mol. The van der Waals surface area contributed by atoms with Crippen LogP contribution in [0.25, 0.3) is 10.9 Å². The second kappa shape index (κ2) is 4.91. The van der Waals surface area contributed by atoms with Crippen molar-refractivity contribution < 1.29 is 19.4 Å². The van der Waals surface area contributed by atoms with Crippen molar-refractivity contribution >= 4 is 22.7 Å². The van der Waals surface area contributed by atoms with Crippen LogP contribution in [-0.4, -0.2) is 28.4 Å². The van der Waals surface area contributed by atoms with Crippen molar-refractivity contribution in [1.29, 1.82) is 0 Å². The number of carbonyl (C=O) groups excluding carboxylic acids is 1. The molecule has 1 heterocycles. The van der Waals surface area contributed by atoms with Crippen molar-refractivity contribution in [2.75, 3.05) is 6.61 Å². The Morgan fingerprint density at radius 3 is 2.83 bits per heavy atom. The number of Topliss-reactive ketones (excluding diaryl/α,β-unsaturated/α-hetero) is 1. The van der Waals surface area contributed by atoms with Crippen molar-refractivity contribution in [3.63, 3.8) is 0 Å². The number of benzene rings is 1. The molecule has 5 heteroatoms. The second-order valence-electron chi connectivity index (χ2n) is 3.89. The van der Waals surface area contributed by atoms with Gasteiger partial charge in [-0.15, -0.1) is 0 Å². The molecule has 0 saturated carbocycles. The third-order valence-corrected chi connectivity index (χ3v) is 2.56. The number of carboxylic acid groups (broad SMARTS) is 1. The summed E-state index contributed by atoms with van der Waals surface area (Å²) in [4.78, 5) is 25.1. The summed E-state index contributed by atoms with van der Waals surface area (Å²) in [6.45, 7) is 2.58. The summed E-state index contributed by atoms with van der Waals surface area (Å²) in [5.41, 5.74) is 0.864. The number of nitrogens with one attached hydrogen (secondary N) is 1. The number of ketones is 1. The van der Waals surface area contributed by atoms with Gasteiger partial charge in [0.15, 0.2) is 0 Å². The summed E-state index contributed by atoms with van der Waals surface area (Å²) in [6, 6.07) is 5.22. The Balaban J connectivity index is 2.43. The second-order valence-corrected chi connectivity index (χ2v) is 3.89. The first kappa shape index (κ1) is 12.2. The lowest BCUT2D eigenvalue weighted by atomic mass is 10.1. The van der Waals surface area contributed by atoms with Crippen molar-refractivity contribution in [3.8, 4) is 5.75 Å². The maximum atomic E-state index is 11.5. The van der Waals surface area contributed by atoms with Gasteiger partial charge in [0, 0.05) is 17.1 Å². The van der Waals surface area contributed by atoms with Gasteiger partial charge in [0.1, 0.15) is 5.75 Å². The fourth-order valence-corrected chi connectivity index (χ4v) is 1.71. The van der Waals surface area contributed by atoms with E-state index in [0.29, 0.717) is 23.3 Å². The summed E-state index contributed by atoms with van der Waals surface area (Å²) < 4.78 is 5.46. The molecular weight excluding hydrogens is 234 g/mol. The number of H-pyrrole nitrogens is 1. The highest BCUT2D eigenvalue weighted by Crippen LogP contribution is 2.24. The van der Waals surface area contributed by atoms with E-state index in [9.17, 15) is 9.59 Å². The van der Waals surface area contributed by atoms with Crippen molar-refractivity contribution in [1.82, 2.24) is 4.98 Å². The summed E-state index contributed by atoms with van der Waals surface area (Å²) in [6.07, 6.45) is 2.29. The minimum absolute atomic E-state index is 0.152. The number of hydrogen-bond donors (Lipinski definition) is 2. The van der Waals surface area contributed by atoms with Crippen LogP contribution in [0.15, 0.2) is 24.4 Å². The maximum absolute atomic E-state index is 11.5. The van der Waals surface area contributed by atoms with Crippen LogP contribution in [0, 0.1) is 0 Å². The molecule has 0 unspecified atom stereocenters. The van der Waals surface area contributed by atoms with Gasteiger partial charge in [-0.05, 0) is 24.6 Å². The first-order chi connectivity index (χ1) is 8.63. The van der Waals surface area contributed by atoms with E-state index in [4.69, 9.17) is 9.84 Å². The lowest BCUT2D eigenvalue weighted by molar-refractivity contribution is -0.131. The standard InChI is InChI=1S/C13H13NO4/c1-2-5-18-8-3-4-11-9(6-8)10(7-14-11)12(15)13(16)17/h3-4,6-7,14H,2,5H2,1H3,(H,16,17). The van der Waals surface area contributed by atoms with Gasteiger partial charge in [-0.2, -0.15) is 0 Å². The third kappa shape index (κ3) is 2.20. The van der Waals surface area contributed by atoms with E-state index >= 15 is 0 Å². The predicted octanol–water partition coefficient (Wildman–Crippen LogP) is 2.22. The molecular formula is C13H13NO4. The van der Waals surface area contributed by atoms with Gasteiger partial charge in [0.25, 0.3) is 5.78 Å². The zero-order chi connectivity index (χ0) is 13.1. The largest absolute Gasteiger partial charge is 0.494 e. The molecule has 0 fully saturated rings. The SMILES string of the molecule is CCCOc1ccc2[nH]cc(C(=O)C(=O)O)c2c1. The first-order valence-corrected chi connectivity index (χ1v) is 5.65. The molecule has 0 bridgehead atoms. The number of fused-ring (bicyclic) bond motifs is 1. The quantitative estimate of drug-likeness (QED) is 0.627. The Morgan fingerprint density at radius 2 is 2.17 bits per heavy atom. The van der Waals surface area contributed by atoms with Crippen LogP contribution in [0.2, 0.25) is 0 Å². The van der Waals surface area contributed by atoms with E-state index in [1.807, 2.05) is 6.92 Å². The number of carboxylic acids is 1. The fourth-order valence-electron chi connectivity index (χ4n) is 1.71. The van der Waals surface area contributed by atoms with Crippen LogP contribution in [0.1, 0.15) is 23.7 Å². The average Bonchev–Trinajstić information content (AvgIpc) is 2.78. The number of aromatic nitrogens is 1. The van der Waals surface area contributed by atoms with E-state index in [1.165, 1.54) is 6.20 Å². The van der Waals surface area contributed by atoms with Gasteiger partial charge in [-0.25, -0.2) is 4.79 Å². The van der Waals surface area contributed by atoms with Crippen LogP contribution in [0.5, 0.6) is 5.75 Å². The number of aliphatic carboxylic acids is 1. The zero-order valence-electron chi connectivity index (χ0n) is 9.90. The van der Waals surface area contributed by atoms with E-state index < -0.39 is 11.8 Å². The molecule has 0 atom stereocenters. The fraction of sp³-hybridized carbons (Fsp3) is 0.231.